The molecule has 3 amide bonds. The summed E-state index contributed by atoms with van der Waals surface area (Å²) in [4.78, 5) is 32.0. The van der Waals surface area contributed by atoms with Crippen molar-refractivity contribution in [3.63, 3.8) is 0 Å². The van der Waals surface area contributed by atoms with Crippen molar-refractivity contribution in [3.05, 3.63) is 59.9 Å². The number of hydrogen-bond donors (Lipinski definition) is 1. The summed E-state index contributed by atoms with van der Waals surface area (Å²) in [6.45, 7) is 2.85. The number of amides is 3. The maximum Gasteiger partial charge on any atom is 0.322 e. The number of anilines is 1. The fourth-order valence-corrected chi connectivity index (χ4v) is 3.11. The SMILES string of the molecule is C[C@H]1CN(C(=O)Nc2ccnc(C(=O)N(C)C)c2)[C@H]1c1ccccc1. The smallest absolute Gasteiger partial charge is 0.322 e. The van der Waals surface area contributed by atoms with Gasteiger partial charge in [-0.1, -0.05) is 37.3 Å². The number of pyridine rings is 1. The Kier molecular flexibility index (Phi) is 4.70. The third-order valence-electron chi connectivity index (χ3n) is 4.40. The molecule has 25 heavy (non-hydrogen) atoms. The number of nitrogens with zero attached hydrogens (tertiary/aromatic N) is 3. The number of urea groups is 1. The van der Waals surface area contributed by atoms with Crippen LogP contribution in [0.3, 0.4) is 0 Å². The molecule has 130 valence electrons. The van der Waals surface area contributed by atoms with Gasteiger partial charge in [0, 0.05) is 32.5 Å². The van der Waals surface area contributed by atoms with Crippen LogP contribution in [0.5, 0.6) is 0 Å². The molecule has 1 aliphatic heterocycles. The molecule has 1 aromatic heterocycles. The lowest BCUT2D eigenvalue weighted by Crippen LogP contribution is -2.53. The summed E-state index contributed by atoms with van der Waals surface area (Å²) in [5.41, 5.74) is 2.01. The average Bonchev–Trinajstić information content (AvgIpc) is 2.59. The molecule has 0 saturated carbocycles. The fraction of sp³-hybridized carbons (Fsp3) is 0.316. The van der Waals surface area contributed by atoms with Crippen molar-refractivity contribution in [2.45, 2.75) is 13.0 Å². The molecule has 0 bridgehead atoms. The minimum atomic E-state index is -0.198. The van der Waals surface area contributed by atoms with Gasteiger partial charge < -0.3 is 15.1 Å². The first-order chi connectivity index (χ1) is 12.0. The highest BCUT2D eigenvalue weighted by Crippen LogP contribution is 2.38. The molecule has 1 aromatic carbocycles. The van der Waals surface area contributed by atoms with Crippen LogP contribution in [0.15, 0.2) is 48.7 Å². The molecule has 1 aliphatic rings. The highest BCUT2D eigenvalue weighted by Gasteiger charge is 2.39. The summed E-state index contributed by atoms with van der Waals surface area (Å²) in [6.07, 6.45) is 1.53. The van der Waals surface area contributed by atoms with Crippen LogP contribution in [-0.2, 0) is 0 Å². The quantitative estimate of drug-likeness (QED) is 0.935. The van der Waals surface area contributed by atoms with Gasteiger partial charge in [0.1, 0.15) is 5.69 Å². The van der Waals surface area contributed by atoms with Gasteiger partial charge in [0.2, 0.25) is 0 Å². The van der Waals surface area contributed by atoms with Gasteiger partial charge >= 0.3 is 6.03 Å². The standard InChI is InChI=1S/C19H22N4O2/c1-13-12-23(17(13)14-7-5-4-6-8-14)19(25)21-15-9-10-20-16(11-15)18(24)22(2)3/h4-11,13,17H,12H2,1-3H3,(H,20,21,25)/t13-,17+/m0/s1. The Morgan fingerprint density at radius 3 is 2.56 bits per heavy atom. The van der Waals surface area contributed by atoms with Crippen LogP contribution >= 0.6 is 0 Å². The van der Waals surface area contributed by atoms with Crippen molar-refractivity contribution in [2.24, 2.45) is 5.92 Å². The highest BCUT2D eigenvalue weighted by atomic mass is 16.2. The first-order valence-corrected chi connectivity index (χ1v) is 8.27. The third-order valence-corrected chi connectivity index (χ3v) is 4.40. The minimum absolute atomic E-state index is 0.0749. The Hall–Kier alpha value is -2.89. The van der Waals surface area contributed by atoms with Crippen molar-refractivity contribution in [2.75, 3.05) is 26.0 Å². The van der Waals surface area contributed by atoms with Gasteiger partial charge in [-0.3, -0.25) is 9.78 Å². The van der Waals surface area contributed by atoms with E-state index in [4.69, 9.17) is 0 Å². The zero-order valence-corrected chi connectivity index (χ0v) is 14.6. The van der Waals surface area contributed by atoms with Gasteiger partial charge in [-0.2, -0.15) is 0 Å². The number of carbonyl (C=O) groups excluding carboxylic acids is 2. The van der Waals surface area contributed by atoms with Gasteiger partial charge in [-0.25, -0.2) is 4.79 Å². The second kappa shape index (κ2) is 6.93. The van der Waals surface area contributed by atoms with E-state index in [-0.39, 0.29) is 18.0 Å². The molecule has 0 spiro atoms. The normalized spacial score (nSPS) is 19.1. The second-order valence-corrected chi connectivity index (χ2v) is 6.54. The number of likely N-dealkylation sites (tertiary alicyclic amines) is 1. The molecule has 0 unspecified atom stereocenters. The number of hydrogen-bond acceptors (Lipinski definition) is 3. The van der Waals surface area contributed by atoms with Crippen molar-refractivity contribution in [1.29, 1.82) is 0 Å². The van der Waals surface area contributed by atoms with E-state index in [0.29, 0.717) is 23.8 Å². The lowest BCUT2D eigenvalue weighted by atomic mass is 9.85. The van der Waals surface area contributed by atoms with Crippen LogP contribution in [0.25, 0.3) is 0 Å². The maximum atomic E-state index is 12.6. The lowest BCUT2D eigenvalue weighted by molar-refractivity contribution is 0.0670. The zero-order valence-electron chi connectivity index (χ0n) is 14.6. The summed E-state index contributed by atoms with van der Waals surface area (Å²) in [5.74, 6) is 0.215. The fourth-order valence-electron chi connectivity index (χ4n) is 3.11. The third kappa shape index (κ3) is 3.47. The predicted octanol–water partition coefficient (Wildman–Crippen LogP) is 3.01. The topological polar surface area (TPSA) is 65.5 Å². The van der Waals surface area contributed by atoms with Crippen molar-refractivity contribution >= 4 is 17.6 Å². The molecule has 1 saturated heterocycles. The second-order valence-electron chi connectivity index (χ2n) is 6.54. The molecule has 6 heteroatoms. The maximum absolute atomic E-state index is 12.6. The Labute approximate surface area is 147 Å². The molecule has 3 rings (SSSR count). The lowest BCUT2D eigenvalue weighted by Gasteiger charge is -2.46. The largest absolute Gasteiger partial charge is 0.343 e. The molecule has 0 aliphatic carbocycles. The van der Waals surface area contributed by atoms with E-state index in [1.54, 1.807) is 26.2 Å². The molecule has 2 aromatic rings. The van der Waals surface area contributed by atoms with Crippen LogP contribution in [-0.4, -0.2) is 47.4 Å². The van der Waals surface area contributed by atoms with E-state index in [2.05, 4.69) is 17.2 Å². The molecule has 0 radical (unpaired) electrons. The molecular formula is C19H22N4O2. The number of nitrogens with one attached hydrogen (secondary N) is 1. The van der Waals surface area contributed by atoms with Gasteiger partial charge in [0.25, 0.3) is 5.91 Å². The number of benzene rings is 1. The molecule has 6 nitrogen and oxygen atoms in total. The van der Waals surface area contributed by atoms with Gasteiger partial charge in [-0.15, -0.1) is 0 Å². The molecule has 2 heterocycles. The number of aromatic nitrogens is 1. The van der Waals surface area contributed by atoms with E-state index in [1.165, 1.54) is 11.1 Å². The van der Waals surface area contributed by atoms with Crippen molar-refractivity contribution in [1.82, 2.24) is 14.8 Å². The van der Waals surface area contributed by atoms with Crippen LogP contribution in [0.2, 0.25) is 0 Å². The Morgan fingerprint density at radius 1 is 1.20 bits per heavy atom. The summed E-state index contributed by atoms with van der Waals surface area (Å²) in [5, 5.41) is 2.87. The molecule has 1 fully saturated rings. The highest BCUT2D eigenvalue weighted by molar-refractivity contribution is 5.95. The number of rotatable bonds is 3. The van der Waals surface area contributed by atoms with Gasteiger partial charge in [-0.05, 0) is 23.6 Å². The monoisotopic (exact) mass is 338 g/mol. The number of carbonyl (C=O) groups is 2. The van der Waals surface area contributed by atoms with Crippen molar-refractivity contribution < 1.29 is 9.59 Å². The predicted molar refractivity (Wildman–Crippen MR) is 96.3 cm³/mol. The summed E-state index contributed by atoms with van der Waals surface area (Å²) >= 11 is 0. The summed E-state index contributed by atoms with van der Waals surface area (Å²) < 4.78 is 0. The van der Waals surface area contributed by atoms with Gasteiger partial charge in [0.05, 0.1) is 6.04 Å². The Morgan fingerprint density at radius 2 is 1.92 bits per heavy atom. The summed E-state index contributed by atoms with van der Waals surface area (Å²) in [7, 11) is 3.34. The van der Waals surface area contributed by atoms with Crippen LogP contribution in [0.1, 0.15) is 29.0 Å². The minimum Gasteiger partial charge on any atom is -0.343 e. The molecule has 1 N–H and O–H groups in total. The van der Waals surface area contributed by atoms with E-state index in [1.807, 2.05) is 35.2 Å². The first kappa shape index (κ1) is 17.0. The van der Waals surface area contributed by atoms with E-state index < -0.39 is 0 Å². The van der Waals surface area contributed by atoms with Gasteiger partial charge in [0.15, 0.2) is 0 Å². The van der Waals surface area contributed by atoms with Crippen LogP contribution < -0.4 is 5.32 Å². The Bertz CT molecular complexity index is 776. The first-order valence-electron chi connectivity index (χ1n) is 8.27. The van der Waals surface area contributed by atoms with Crippen molar-refractivity contribution in [3.8, 4) is 0 Å². The molecule has 2 atom stereocenters. The summed E-state index contributed by atoms with van der Waals surface area (Å²) in [6, 6.07) is 13.2. The zero-order chi connectivity index (χ0) is 18.0. The van der Waals surface area contributed by atoms with E-state index in [0.717, 1.165) is 5.56 Å². The molecular weight excluding hydrogens is 316 g/mol. The Balaban J connectivity index is 1.72. The van der Waals surface area contributed by atoms with Crippen LogP contribution in [0.4, 0.5) is 10.5 Å². The average molecular weight is 338 g/mol. The van der Waals surface area contributed by atoms with Crippen LogP contribution in [0, 0.1) is 5.92 Å². The van der Waals surface area contributed by atoms with E-state index in [9.17, 15) is 9.59 Å². The van der Waals surface area contributed by atoms with E-state index >= 15 is 0 Å².